The Hall–Kier alpha value is -4.32. The van der Waals surface area contributed by atoms with Gasteiger partial charge in [-0.1, -0.05) is 6.92 Å². The molecule has 1 saturated heterocycles. The number of nitrogens with two attached hydrogens (primary N) is 1. The summed E-state index contributed by atoms with van der Waals surface area (Å²) in [6, 6.07) is 14.1. The molecular weight excluding hydrogens is 452 g/mol. The third-order valence-corrected chi connectivity index (χ3v) is 6.54. The van der Waals surface area contributed by atoms with Gasteiger partial charge in [-0.2, -0.15) is 5.26 Å². The van der Waals surface area contributed by atoms with Crippen LogP contribution in [0.25, 0.3) is 34.3 Å². The highest BCUT2D eigenvalue weighted by molar-refractivity contribution is 5.69. The van der Waals surface area contributed by atoms with Crippen LogP contribution in [0.3, 0.4) is 0 Å². The molecule has 1 aromatic carbocycles. The van der Waals surface area contributed by atoms with Gasteiger partial charge in [0.15, 0.2) is 11.5 Å². The molecule has 0 bridgehead atoms. The highest BCUT2D eigenvalue weighted by atomic mass is 16.4. The topological polar surface area (TPSA) is 131 Å². The minimum Gasteiger partial charge on any atom is -0.414 e. The van der Waals surface area contributed by atoms with Crippen LogP contribution in [0.15, 0.2) is 53.2 Å². The van der Waals surface area contributed by atoms with Crippen molar-refractivity contribution in [2.45, 2.75) is 39.0 Å². The van der Waals surface area contributed by atoms with E-state index in [1.807, 2.05) is 38.1 Å². The van der Waals surface area contributed by atoms with Gasteiger partial charge in [-0.05, 0) is 69.0 Å². The monoisotopic (exact) mass is 480 g/mol. The molecule has 0 radical (unpaired) electrons. The molecule has 9 nitrogen and oxygen atoms in total. The summed E-state index contributed by atoms with van der Waals surface area (Å²) in [6.45, 7) is 8.09. The van der Waals surface area contributed by atoms with Crippen molar-refractivity contribution in [1.82, 2.24) is 25.1 Å². The van der Waals surface area contributed by atoms with Crippen LogP contribution in [0.4, 0.5) is 11.5 Å². The Morgan fingerprint density at radius 3 is 2.61 bits per heavy atom. The molecule has 2 N–H and O–H groups in total. The lowest BCUT2D eigenvalue weighted by Gasteiger charge is -2.32. The predicted molar refractivity (Wildman–Crippen MR) is 138 cm³/mol. The number of anilines is 2. The molecule has 1 fully saturated rings. The van der Waals surface area contributed by atoms with Gasteiger partial charge in [0.2, 0.25) is 5.89 Å². The Morgan fingerprint density at radius 2 is 1.86 bits per heavy atom. The maximum Gasteiger partial charge on any atom is 0.270 e. The average Bonchev–Trinajstić information content (AvgIpc) is 3.39. The van der Waals surface area contributed by atoms with E-state index in [2.05, 4.69) is 55.2 Å². The van der Waals surface area contributed by atoms with E-state index in [-0.39, 0.29) is 11.7 Å². The summed E-state index contributed by atoms with van der Waals surface area (Å²) >= 11 is 0. The van der Waals surface area contributed by atoms with Crippen molar-refractivity contribution in [1.29, 1.82) is 5.26 Å². The van der Waals surface area contributed by atoms with Crippen LogP contribution in [0, 0.1) is 17.2 Å². The van der Waals surface area contributed by atoms with E-state index in [0.29, 0.717) is 28.9 Å². The zero-order valence-electron chi connectivity index (χ0n) is 20.6. The van der Waals surface area contributed by atoms with Crippen molar-refractivity contribution in [3.05, 3.63) is 54.5 Å². The molecule has 0 spiro atoms. The minimum absolute atomic E-state index is 0.190. The number of piperidine rings is 1. The van der Waals surface area contributed by atoms with Crippen molar-refractivity contribution in [3.8, 4) is 40.4 Å². The van der Waals surface area contributed by atoms with Crippen LogP contribution in [0.2, 0.25) is 0 Å². The van der Waals surface area contributed by atoms with Gasteiger partial charge in [-0.15, -0.1) is 10.2 Å². The maximum atomic E-state index is 9.46. The van der Waals surface area contributed by atoms with E-state index in [1.165, 1.54) is 18.5 Å². The molecule has 5 rings (SSSR count). The summed E-state index contributed by atoms with van der Waals surface area (Å²) < 4.78 is 5.95. The number of hydrogen-bond acceptors (Lipinski definition) is 9. The second-order valence-electron chi connectivity index (χ2n) is 9.81. The highest BCUT2D eigenvalue weighted by Crippen LogP contribution is 2.31. The summed E-state index contributed by atoms with van der Waals surface area (Å²) in [6.07, 6.45) is 5.73. The van der Waals surface area contributed by atoms with Gasteiger partial charge in [0.1, 0.15) is 0 Å². The van der Waals surface area contributed by atoms with Gasteiger partial charge in [0, 0.05) is 36.1 Å². The Bertz CT molecular complexity index is 1420. The average molecular weight is 481 g/mol. The van der Waals surface area contributed by atoms with Crippen molar-refractivity contribution in [3.63, 3.8) is 0 Å². The molecule has 0 unspecified atom stereocenters. The summed E-state index contributed by atoms with van der Waals surface area (Å²) in [7, 11) is 0. The SMILES string of the molecule is C[C@H]1CCCN(c2ccc(-c3nnc(-c4nc(-c5ccnc(C(C)(C)C#N)c5)cnc4N)o3)cc2)C1. The van der Waals surface area contributed by atoms with Crippen LogP contribution in [-0.2, 0) is 5.41 Å². The van der Waals surface area contributed by atoms with Gasteiger partial charge in [0.05, 0.1) is 29.1 Å². The summed E-state index contributed by atoms with van der Waals surface area (Å²) in [5.41, 5.74) is 9.69. The third-order valence-electron chi connectivity index (χ3n) is 6.54. The van der Waals surface area contributed by atoms with E-state index in [1.54, 1.807) is 12.4 Å². The molecule has 3 aromatic heterocycles. The summed E-state index contributed by atoms with van der Waals surface area (Å²) in [5.74, 6) is 1.47. The Labute approximate surface area is 210 Å². The first kappa shape index (κ1) is 23.4. The summed E-state index contributed by atoms with van der Waals surface area (Å²) in [4.78, 5) is 15.7. The van der Waals surface area contributed by atoms with Crippen molar-refractivity contribution < 1.29 is 4.42 Å². The van der Waals surface area contributed by atoms with E-state index in [4.69, 9.17) is 10.2 Å². The Kier molecular flexibility index (Phi) is 6.10. The largest absolute Gasteiger partial charge is 0.414 e. The molecular formula is C27H28N8O. The zero-order valence-corrected chi connectivity index (χ0v) is 20.6. The number of hydrogen-bond donors (Lipinski definition) is 1. The second kappa shape index (κ2) is 9.38. The molecule has 4 aromatic rings. The molecule has 0 saturated carbocycles. The number of aromatic nitrogens is 5. The maximum absolute atomic E-state index is 9.46. The van der Waals surface area contributed by atoms with E-state index in [0.717, 1.165) is 24.2 Å². The fraction of sp³-hybridized carbons (Fsp3) is 0.333. The Morgan fingerprint density at radius 1 is 1.08 bits per heavy atom. The number of nitriles is 1. The third kappa shape index (κ3) is 4.62. The van der Waals surface area contributed by atoms with Gasteiger partial charge in [-0.25, -0.2) is 9.97 Å². The first-order valence-electron chi connectivity index (χ1n) is 12.0. The molecule has 182 valence electrons. The quantitative estimate of drug-likeness (QED) is 0.425. The van der Waals surface area contributed by atoms with Crippen molar-refractivity contribution in [2.24, 2.45) is 5.92 Å². The van der Waals surface area contributed by atoms with Crippen LogP contribution in [0.5, 0.6) is 0 Å². The van der Waals surface area contributed by atoms with Crippen LogP contribution in [-0.4, -0.2) is 38.2 Å². The molecule has 1 aliphatic rings. The molecule has 9 heteroatoms. The number of pyridine rings is 1. The lowest BCUT2D eigenvalue weighted by atomic mass is 9.90. The van der Waals surface area contributed by atoms with E-state index >= 15 is 0 Å². The second-order valence-corrected chi connectivity index (χ2v) is 9.81. The minimum atomic E-state index is -0.733. The first-order valence-corrected chi connectivity index (χ1v) is 12.0. The lowest BCUT2D eigenvalue weighted by Crippen LogP contribution is -2.34. The lowest BCUT2D eigenvalue weighted by molar-refractivity contribution is 0.447. The van der Waals surface area contributed by atoms with E-state index < -0.39 is 5.41 Å². The fourth-order valence-corrected chi connectivity index (χ4v) is 4.36. The normalized spacial score (nSPS) is 16.1. The van der Waals surface area contributed by atoms with E-state index in [9.17, 15) is 5.26 Å². The molecule has 1 aliphatic heterocycles. The fourth-order valence-electron chi connectivity index (χ4n) is 4.36. The van der Waals surface area contributed by atoms with Crippen LogP contribution in [0.1, 0.15) is 39.3 Å². The van der Waals surface area contributed by atoms with Gasteiger partial charge < -0.3 is 15.1 Å². The number of nitrogens with zero attached hydrogens (tertiary/aromatic N) is 7. The Balaban J connectivity index is 1.41. The van der Waals surface area contributed by atoms with Crippen LogP contribution < -0.4 is 10.6 Å². The molecule has 1 atom stereocenters. The molecule has 0 aliphatic carbocycles. The standard InChI is InChI=1S/C27H28N8O/c1-17-5-4-12-35(15-17)20-8-6-18(7-9-20)25-33-34-26(36-25)23-24(29)31-14-21(32-23)19-10-11-30-22(13-19)27(2,3)16-28/h6-11,13-14,17H,4-5,12,15H2,1-3H3,(H2,29,31)/t17-/m0/s1. The number of rotatable bonds is 5. The predicted octanol–water partition coefficient (Wildman–Crippen LogP) is 4.88. The zero-order chi connectivity index (χ0) is 25.3. The summed E-state index contributed by atoms with van der Waals surface area (Å²) in [5, 5.41) is 17.9. The number of benzene rings is 1. The van der Waals surface area contributed by atoms with Gasteiger partial charge in [-0.3, -0.25) is 4.98 Å². The first-order chi connectivity index (χ1) is 17.3. The smallest absolute Gasteiger partial charge is 0.270 e. The molecule has 0 amide bonds. The molecule has 36 heavy (non-hydrogen) atoms. The van der Waals surface area contributed by atoms with Crippen molar-refractivity contribution in [2.75, 3.05) is 23.7 Å². The number of nitrogen functional groups attached to an aromatic ring is 1. The van der Waals surface area contributed by atoms with Crippen molar-refractivity contribution >= 4 is 11.5 Å². The molecule has 4 heterocycles. The van der Waals surface area contributed by atoms with Gasteiger partial charge in [0.25, 0.3) is 5.89 Å². The van der Waals surface area contributed by atoms with Gasteiger partial charge >= 0.3 is 0 Å². The van der Waals surface area contributed by atoms with Crippen LogP contribution >= 0.6 is 0 Å². The highest BCUT2D eigenvalue weighted by Gasteiger charge is 2.23.